The Morgan fingerprint density at radius 2 is 1.86 bits per heavy atom. The first kappa shape index (κ1) is 23.0. The lowest BCUT2D eigenvalue weighted by atomic mass is 9.71. The van der Waals surface area contributed by atoms with Crippen LogP contribution in [0.15, 0.2) is 54.9 Å². The van der Waals surface area contributed by atoms with E-state index in [1.165, 1.54) is 29.5 Å². The van der Waals surface area contributed by atoms with Crippen molar-refractivity contribution in [3.8, 4) is 22.3 Å². The summed E-state index contributed by atoms with van der Waals surface area (Å²) < 4.78 is 0. The standard InChI is InChI=1S/C31H34N4O/c1-31(2)27-15-23(13-21-7-6-8-22(28(21)27)18-35(31)5)24-14-25-26(17-33-29(25)32-16-24)19-9-11-20(12-10-19)30(36)34(3)4/h9-17,22H,6-8,18H2,1-5H3,(H,32,33). The molecule has 5 heteroatoms. The third kappa shape index (κ3) is 3.56. The molecule has 0 saturated carbocycles. The van der Waals surface area contributed by atoms with E-state index >= 15 is 0 Å². The predicted octanol–water partition coefficient (Wildman–Crippen LogP) is 6.20. The number of amides is 1. The minimum Gasteiger partial charge on any atom is -0.346 e. The highest BCUT2D eigenvalue weighted by Crippen LogP contribution is 2.47. The molecule has 0 bridgehead atoms. The topological polar surface area (TPSA) is 52.2 Å². The summed E-state index contributed by atoms with van der Waals surface area (Å²) in [5.41, 5.74) is 10.8. The fourth-order valence-corrected chi connectivity index (χ4v) is 6.16. The molecule has 1 N–H and O–H groups in total. The van der Waals surface area contributed by atoms with Gasteiger partial charge in [0.25, 0.3) is 5.91 Å². The molecule has 1 unspecified atom stereocenters. The number of fused-ring (bicyclic) bond motifs is 1. The second-order valence-corrected chi connectivity index (χ2v) is 11.2. The molecular weight excluding hydrogens is 444 g/mol. The molecule has 184 valence electrons. The lowest BCUT2D eigenvalue weighted by Gasteiger charge is -2.47. The van der Waals surface area contributed by atoms with E-state index in [2.05, 4.69) is 49.0 Å². The van der Waals surface area contributed by atoms with E-state index in [1.54, 1.807) is 24.6 Å². The van der Waals surface area contributed by atoms with Gasteiger partial charge >= 0.3 is 0 Å². The van der Waals surface area contributed by atoms with E-state index in [9.17, 15) is 4.79 Å². The summed E-state index contributed by atoms with van der Waals surface area (Å²) in [7, 11) is 5.82. The van der Waals surface area contributed by atoms with Gasteiger partial charge in [-0.25, -0.2) is 4.98 Å². The Hall–Kier alpha value is -3.44. The van der Waals surface area contributed by atoms with Crippen LogP contribution in [0.4, 0.5) is 0 Å². The van der Waals surface area contributed by atoms with Gasteiger partial charge in [0.05, 0.1) is 0 Å². The molecule has 1 aliphatic carbocycles. The Morgan fingerprint density at radius 1 is 1.08 bits per heavy atom. The highest BCUT2D eigenvalue weighted by atomic mass is 16.2. The first-order chi connectivity index (χ1) is 17.2. The number of benzene rings is 2. The quantitative estimate of drug-likeness (QED) is 0.381. The zero-order chi connectivity index (χ0) is 25.2. The molecule has 0 spiro atoms. The van der Waals surface area contributed by atoms with Crippen molar-refractivity contribution in [2.45, 2.75) is 44.6 Å². The Morgan fingerprint density at radius 3 is 2.61 bits per heavy atom. The van der Waals surface area contributed by atoms with Gasteiger partial charge in [-0.2, -0.15) is 0 Å². The number of hydrogen-bond donors (Lipinski definition) is 1. The second-order valence-electron chi connectivity index (χ2n) is 11.2. The van der Waals surface area contributed by atoms with Gasteiger partial charge in [0.15, 0.2) is 0 Å². The van der Waals surface area contributed by atoms with Gasteiger partial charge in [-0.1, -0.05) is 18.2 Å². The Bertz CT molecular complexity index is 1480. The summed E-state index contributed by atoms with van der Waals surface area (Å²) in [6, 6.07) is 14.9. The SMILES string of the molecule is CN(C)C(=O)c1ccc(-c2c[nH]c3ncc(-c4cc5c6c(c4)C(C)(C)N(C)CC6CCC5)cc23)cc1. The minimum absolute atomic E-state index is 0.0104. The maximum Gasteiger partial charge on any atom is 0.253 e. The Kier molecular flexibility index (Phi) is 5.31. The third-order valence-corrected chi connectivity index (χ3v) is 8.49. The molecule has 0 saturated heterocycles. The lowest BCUT2D eigenvalue weighted by Crippen LogP contribution is -2.46. The van der Waals surface area contributed by atoms with E-state index in [4.69, 9.17) is 4.98 Å². The molecule has 0 radical (unpaired) electrons. The summed E-state index contributed by atoms with van der Waals surface area (Å²) in [6.45, 7) is 5.85. The van der Waals surface area contributed by atoms with Crippen molar-refractivity contribution in [2.24, 2.45) is 0 Å². The van der Waals surface area contributed by atoms with Gasteiger partial charge in [-0.15, -0.1) is 0 Å². The smallest absolute Gasteiger partial charge is 0.253 e. The van der Waals surface area contributed by atoms with Crippen molar-refractivity contribution in [3.63, 3.8) is 0 Å². The molecule has 2 aromatic heterocycles. The van der Waals surface area contributed by atoms with Gasteiger partial charge < -0.3 is 9.88 Å². The first-order valence-corrected chi connectivity index (χ1v) is 12.9. The van der Waals surface area contributed by atoms with Crippen molar-refractivity contribution >= 4 is 16.9 Å². The number of aryl methyl sites for hydroxylation is 1. The van der Waals surface area contributed by atoms with Crippen molar-refractivity contribution in [1.82, 2.24) is 19.8 Å². The summed E-state index contributed by atoms with van der Waals surface area (Å²) in [4.78, 5) is 24.6. The van der Waals surface area contributed by atoms with Crippen molar-refractivity contribution in [1.29, 1.82) is 0 Å². The number of carbonyl (C=O) groups excluding carboxylic acids is 1. The van der Waals surface area contributed by atoms with E-state index in [0.717, 1.165) is 40.7 Å². The maximum atomic E-state index is 12.3. The van der Waals surface area contributed by atoms with Crippen LogP contribution < -0.4 is 0 Å². The van der Waals surface area contributed by atoms with Crippen LogP contribution in [0.2, 0.25) is 0 Å². The van der Waals surface area contributed by atoms with Gasteiger partial charge in [-0.05, 0) is 98.2 Å². The fourth-order valence-electron chi connectivity index (χ4n) is 6.16. The molecule has 4 aromatic rings. The molecule has 1 amide bonds. The van der Waals surface area contributed by atoms with Crippen LogP contribution in [-0.4, -0.2) is 53.4 Å². The normalized spacial score (nSPS) is 18.8. The summed E-state index contributed by atoms with van der Waals surface area (Å²) in [5.74, 6) is 0.659. The zero-order valence-corrected chi connectivity index (χ0v) is 21.9. The van der Waals surface area contributed by atoms with Crippen LogP contribution >= 0.6 is 0 Å². The number of aromatic nitrogens is 2. The largest absolute Gasteiger partial charge is 0.346 e. The van der Waals surface area contributed by atoms with Crippen molar-refractivity contribution in [2.75, 3.05) is 27.7 Å². The van der Waals surface area contributed by atoms with Gasteiger partial charge in [0.2, 0.25) is 0 Å². The maximum absolute atomic E-state index is 12.3. The first-order valence-electron chi connectivity index (χ1n) is 12.9. The molecule has 6 rings (SSSR count). The van der Waals surface area contributed by atoms with Crippen LogP contribution in [0.25, 0.3) is 33.3 Å². The predicted molar refractivity (Wildman–Crippen MR) is 146 cm³/mol. The fraction of sp³-hybridized carbons (Fsp3) is 0.355. The summed E-state index contributed by atoms with van der Waals surface area (Å²) in [6.07, 6.45) is 7.73. The number of carbonyl (C=O) groups is 1. The van der Waals surface area contributed by atoms with Crippen molar-refractivity contribution in [3.05, 3.63) is 77.1 Å². The number of nitrogens with zero attached hydrogens (tertiary/aromatic N) is 3. The zero-order valence-electron chi connectivity index (χ0n) is 21.9. The van der Waals surface area contributed by atoms with Crippen LogP contribution in [-0.2, 0) is 12.0 Å². The third-order valence-electron chi connectivity index (χ3n) is 8.49. The number of hydrogen-bond acceptors (Lipinski definition) is 3. The number of pyridine rings is 1. The molecule has 3 heterocycles. The molecule has 0 fully saturated rings. The summed E-state index contributed by atoms with van der Waals surface area (Å²) in [5, 5.41) is 1.10. The molecule has 1 atom stereocenters. The van der Waals surface area contributed by atoms with E-state index < -0.39 is 0 Å². The number of likely N-dealkylation sites (N-methyl/N-ethyl adjacent to an activating group) is 1. The molecular formula is C31H34N4O. The number of aromatic amines is 1. The Labute approximate surface area is 213 Å². The molecule has 5 nitrogen and oxygen atoms in total. The molecule has 2 aliphatic rings. The van der Waals surface area contributed by atoms with Crippen LogP contribution in [0.3, 0.4) is 0 Å². The average molecular weight is 479 g/mol. The second kappa shape index (κ2) is 8.31. The van der Waals surface area contributed by atoms with Gasteiger partial charge in [0, 0.05) is 60.6 Å². The van der Waals surface area contributed by atoms with E-state index in [-0.39, 0.29) is 11.4 Å². The van der Waals surface area contributed by atoms with E-state index in [1.807, 2.05) is 36.7 Å². The Balaban J connectivity index is 1.44. The number of H-pyrrole nitrogens is 1. The van der Waals surface area contributed by atoms with Crippen LogP contribution in [0.5, 0.6) is 0 Å². The van der Waals surface area contributed by atoms with Crippen molar-refractivity contribution < 1.29 is 4.79 Å². The van der Waals surface area contributed by atoms with Gasteiger partial charge in [0.1, 0.15) is 5.65 Å². The molecule has 2 aromatic carbocycles. The molecule has 1 aliphatic heterocycles. The lowest BCUT2D eigenvalue weighted by molar-refractivity contribution is 0.0827. The molecule has 36 heavy (non-hydrogen) atoms. The highest BCUT2D eigenvalue weighted by molar-refractivity contribution is 5.98. The van der Waals surface area contributed by atoms with Gasteiger partial charge in [-0.3, -0.25) is 9.69 Å². The number of rotatable bonds is 3. The van der Waals surface area contributed by atoms with Crippen LogP contribution in [0.1, 0.15) is 59.7 Å². The minimum atomic E-state index is 0.0104. The highest BCUT2D eigenvalue weighted by Gasteiger charge is 2.39. The van der Waals surface area contributed by atoms with E-state index in [0.29, 0.717) is 11.5 Å². The summed E-state index contributed by atoms with van der Waals surface area (Å²) >= 11 is 0. The monoisotopic (exact) mass is 478 g/mol. The number of nitrogens with one attached hydrogen (secondary N) is 1. The average Bonchev–Trinajstić information content (AvgIpc) is 3.30. The van der Waals surface area contributed by atoms with Crippen LogP contribution in [0, 0.1) is 0 Å².